The fourth-order valence-electron chi connectivity index (χ4n) is 7.96. The van der Waals surface area contributed by atoms with Crippen molar-refractivity contribution in [2.24, 2.45) is 33.5 Å². The predicted octanol–water partition coefficient (Wildman–Crippen LogP) is 2.70. The first-order valence-corrected chi connectivity index (χ1v) is 8.91. The van der Waals surface area contributed by atoms with Crippen LogP contribution >= 0.6 is 0 Å². The minimum absolute atomic E-state index is 0.0802. The normalized spacial score (nSPS) is 57.0. The number of esters is 2. The molecule has 5 aliphatic rings. The lowest BCUT2D eigenvalue weighted by molar-refractivity contribution is -0.348. The van der Waals surface area contributed by atoms with Crippen LogP contribution in [0.25, 0.3) is 0 Å². The third kappa shape index (κ3) is 0.845. The number of carbonyl (C=O) groups excluding carboxylic acids is 2. The van der Waals surface area contributed by atoms with Crippen LogP contribution in [0.2, 0.25) is 0 Å². The Morgan fingerprint density at radius 2 is 1.68 bits per heavy atom. The fourth-order valence-corrected chi connectivity index (χ4v) is 7.96. The van der Waals surface area contributed by atoms with E-state index in [1.807, 2.05) is 0 Å². The molecule has 0 aromatic carbocycles. The number of cyclic esters (lactones) is 2. The second-order valence-electron chi connectivity index (χ2n) is 8.40. The number of ether oxygens (including phenoxy) is 2. The summed E-state index contributed by atoms with van der Waals surface area (Å²) in [5, 5.41) is 0. The molecular formula is C18H24O4. The van der Waals surface area contributed by atoms with E-state index in [2.05, 4.69) is 13.8 Å². The molecule has 120 valence electrons. The van der Waals surface area contributed by atoms with Crippen LogP contribution in [0.3, 0.4) is 0 Å². The molecular weight excluding hydrogens is 280 g/mol. The molecule has 0 aromatic rings. The van der Waals surface area contributed by atoms with Crippen LogP contribution < -0.4 is 0 Å². The molecule has 2 aliphatic heterocycles. The number of carbonyl (C=O) groups is 2. The Balaban J connectivity index is 1.72. The topological polar surface area (TPSA) is 52.6 Å². The number of hydrogen-bond donors (Lipinski definition) is 0. The summed E-state index contributed by atoms with van der Waals surface area (Å²) in [6, 6.07) is 0. The van der Waals surface area contributed by atoms with Gasteiger partial charge in [0.1, 0.15) is 0 Å². The van der Waals surface area contributed by atoms with E-state index in [4.69, 9.17) is 9.47 Å². The summed E-state index contributed by atoms with van der Waals surface area (Å²) in [6.07, 6.45) is 6.16. The largest absolute Gasteiger partial charge is 0.465 e. The fraction of sp³-hybridized carbons (Fsp3) is 0.889. The van der Waals surface area contributed by atoms with E-state index in [1.165, 1.54) is 0 Å². The Bertz CT molecular complexity index is 600. The van der Waals surface area contributed by atoms with E-state index in [0.29, 0.717) is 25.0 Å². The zero-order chi connectivity index (χ0) is 15.4. The van der Waals surface area contributed by atoms with Crippen LogP contribution in [0.1, 0.15) is 52.4 Å². The van der Waals surface area contributed by atoms with Crippen molar-refractivity contribution in [2.75, 3.05) is 13.2 Å². The molecule has 0 N–H and O–H groups in total. The van der Waals surface area contributed by atoms with Crippen molar-refractivity contribution >= 4 is 11.9 Å². The summed E-state index contributed by atoms with van der Waals surface area (Å²) in [7, 11) is 0. The molecule has 3 aliphatic carbocycles. The minimum atomic E-state index is -0.534. The van der Waals surface area contributed by atoms with Gasteiger partial charge < -0.3 is 9.47 Å². The summed E-state index contributed by atoms with van der Waals surface area (Å²) >= 11 is 0. The van der Waals surface area contributed by atoms with Gasteiger partial charge in [0, 0.05) is 10.8 Å². The number of hydrogen-bond acceptors (Lipinski definition) is 4. The van der Waals surface area contributed by atoms with E-state index < -0.39 is 10.8 Å². The first-order valence-electron chi connectivity index (χ1n) is 8.91. The van der Waals surface area contributed by atoms with Crippen LogP contribution in [0.5, 0.6) is 0 Å². The van der Waals surface area contributed by atoms with Crippen molar-refractivity contribution in [2.45, 2.75) is 52.4 Å². The summed E-state index contributed by atoms with van der Waals surface area (Å²) in [5.41, 5.74) is -1.28. The molecule has 22 heavy (non-hydrogen) atoms. The van der Waals surface area contributed by atoms with Gasteiger partial charge >= 0.3 is 11.9 Å². The van der Waals surface area contributed by atoms with Gasteiger partial charge in [-0.05, 0) is 37.5 Å². The van der Waals surface area contributed by atoms with Crippen LogP contribution in [0, 0.1) is 33.5 Å². The van der Waals surface area contributed by atoms with Crippen molar-refractivity contribution < 1.29 is 19.1 Å². The molecule has 2 saturated heterocycles. The lowest BCUT2D eigenvalue weighted by Crippen LogP contribution is -2.86. The summed E-state index contributed by atoms with van der Waals surface area (Å²) < 4.78 is 11.3. The molecule has 0 bridgehead atoms. The van der Waals surface area contributed by atoms with E-state index in [-0.39, 0.29) is 22.8 Å². The van der Waals surface area contributed by atoms with Crippen LogP contribution in [-0.2, 0) is 19.1 Å². The average molecular weight is 304 g/mol. The Hall–Kier alpha value is -1.06. The molecule has 2 heterocycles. The Morgan fingerprint density at radius 3 is 2.41 bits per heavy atom. The lowest BCUT2D eigenvalue weighted by atomic mass is 9.17. The van der Waals surface area contributed by atoms with Gasteiger partial charge in [-0.2, -0.15) is 0 Å². The maximum atomic E-state index is 12.9. The molecule has 5 rings (SSSR count). The van der Waals surface area contributed by atoms with Crippen LogP contribution in [-0.4, -0.2) is 25.2 Å². The molecule has 4 heteroatoms. The van der Waals surface area contributed by atoms with Gasteiger partial charge in [0.2, 0.25) is 0 Å². The Labute approximate surface area is 130 Å². The maximum Gasteiger partial charge on any atom is 0.314 e. The molecule has 6 atom stereocenters. The number of rotatable bonds is 3. The highest BCUT2D eigenvalue weighted by molar-refractivity contribution is 5.99. The van der Waals surface area contributed by atoms with E-state index >= 15 is 0 Å². The second kappa shape index (κ2) is 3.54. The van der Waals surface area contributed by atoms with Gasteiger partial charge in [0.25, 0.3) is 0 Å². The molecule has 0 aromatic heterocycles. The van der Waals surface area contributed by atoms with Gasteiger partial charge in [-0.25, -0.2) is 0 Å². The molecule has 4 nitrogen and oxygen atoms in total. The van der Waals surface area contributed by atoms with Crippen molar-refractivity contribution in [1.82, 2.24) is 0 Å². The van der Waals surface area contributed by atoms with Gasteiger partial charge in [-0.3, -0.25) is 9.59 Å². The minimum Gasteiger partial charge on any atom is -0.465 e. The predicted molar refractivity (Wildman–Crippen MR) is 77.7 cm³/mol. The molecule has 3 saturated carbocycles. The molecule has 0 amide bonds. The highest BCUT2D eigenvalue weighted by atomic mass is 16.6. The lowest BCUT2D eigenvalue weighted by Gasteiger charge is -2.79. The van der Waals surface area contributed by atoms with Crippen molar-refractivity contribution in [3.63, 3.8) is 0 Å². The Kier molecular flexibility index (Phi) is 2.15. The quantitative estimate of drug-likeness (QED) is 0.752. The van der Waals surface area contributed by atoms with E-state index in [1.54, 1.807) is 0 Å². The standard InChI is InChI=1S/C18H24O4/c1-3-5-12-8-17-13(19)21-9-15(17)6-11(4-2)7-16(15)10-22-14(20)18(12,16)17/h11-12H,3-10H2,1-2H3/t11-,12+,15+,16-,17-,18-/m1/s1. The monoisotopic (exact) mass is 304 g/mol. The van der Waals surface area contributed by atoms with Crippen molar-refractivity contribution in [3.8, 4) is 0 Å². The molecule has 4 spiro atoms. The zero-order valence-corrected chi connectivity index (χ0v) is 13.4. The third-order valence-electron chi connectivity index (χ3n) is 8.38. The second-order valence-corrected chi connectivity index (χ2v) is 8.40. The first-order chi connectivity index (χ1) is 10.6. The molecule has 5 fully saturated rings. The van der Waals surface area contributed by atoms with E-state index in [9.17, 15) is 9.59 Å². The van der Waals surface area contributed by atoms with Gasteiger partial charge in [-0.1, -0.05) is 26.7 Å². The molecule has 0 radical (unpaired) electrons. The van der Waals surface area contributed by atoms with Crippen molar-refractivity contribution in [1.29, 1.82) is 0 Å². The zero-order valence-electron chi connectivity index (χ0n) is 13.4. The third-order valence-corrected chi connectivity index (χ3v) is 8.38. The van der Waals surface area contributed by atoms with Gasteiger partial charge in [-0.15, -0.1) is 0 Å². The summed E-state index contributed by atoms with van der Waals surface area (Å²) in [5.74, 6) is 0.752. The van der Waals surface area contributed by atoms with Crippen LogP contribution in [0.15, 0.2) is 0 Å². The summed E-state index contributed by atoms with van der Waals surface area (Å²) in [6.45, 7) is 5.44. The van der Waals surface area contributed by atoms with E-state index in [0.717, 1.165) is 38.5 Å². The average Bonchev–Trinajstić information content (AvgIpc) is 3.06. The SMILES string of the molecule is CCC[C@H]1C[C@@]23C(=O)OC[C@]24C[C@@H](CC)C[C@@]42COC(=O)[C@]123. The van der Waals surface area contributed by atoms with Gasteiger partial charge in [0.15, 0.2) is 0 Å². The van der Waals surface area contributed by atoms with Crippen molar-refractivity contribution in [3.05, 3.63) is 0 Å². The maximum absolute atomic E-state index is 12.9. The van der Waals surface area contributed by atoms with Gasteiger partial charge in [0.05, 0.1) is 24.0 Å². The van der Waals surface area contributed by atoms with Crippen LogP contribution in [0.4, 0.5) is 0 Å². The first kappa shape index (κ1) is 13.4. The highest BCUT2D eigenvalue weighted by Gasteiger charge is 3.03. The molecule has 0 unspecified atom stereocenters. The smallest absolute Gasteiger partial charge is 0.314 e. The Morgan fingerprint density at radius 1 is 1.00 bits per heavy atom. The highest BCUT2D eigenvalue weighted by Crippen LogP contribution is 2.97. The summed E-state index contributed by atoms with van der Waals surface area (Å²) in [4.78, 5) is 25.6.